The van der Waals surface area contributed by atoms with Crippen LogP contribution in [0.5, 0.6) is 5.75 Å². The fourth-order valence-electron chi connectivity index (χ4n) is 3.39. The Morgan fingerprint density at radius 3 is 2.52 bits per heavy atom. The second kappa shape index (κ2) is 8.02. The highest BCUT2D eigenvalue weighted by atomic mass is 35.5. The molecule has 9 heteroatoms. The van der Waals surface area contributed by atoms with Gasteiger partial charge in [-0.05, 0) is 49.7 Å². The second-order valence-corrected chi connectivity index (χ2v) is 7.30. The molecule has 1 aromatic heterocycles. The Morgan fingerprint density at radius 1 is 1.21 bits per heavy atom. The largest absolute Gasteiger partial charge is 0.505 e. The predicted octanol–water partition coefficient (Wildman–Crippen LogP) is 3.96. The predicted molar refractivity (Wildman–Crippen MR) is 108 cm³/mol. The number of aliphatic hydroxyl groups is 1. The molecule has 0 saturated carbocycles. The van der Waals surface area contributed by atoms with Gasteiger partial charge >= 0.3 is 0 Å². The van der Waals surface area contributed by atoms with Crippen molar-refractivity contribution in [2.45, 2.75) is 19.8 Å². The first-order valence-corrected chi connectivity index (χ1v) is 9.35. The Bertz CT molecular complexity index is 1140. The third-order valence-corrected chi connectivity index (χ3v) is 5.52. The van der Waals surface area contributed by atoms with E-state index in [0.717, 1.165) is 6.07 Å². The minimum Gasteiger partial charge on any atom is -0.505 e. The maximum Gasteiger partial charge on any atom is 0.262 e. The van der Waals surface area contributed by atoms with Gasteiger partial charge in [-0.2, -0.15) is 0 Å². The zero-order valence-corrected chi connectivity index (χ0v) is 17.0. The van der Waals surface area contributed by atoms with Crippen LogP contribution in [0.2, 0.25) is 10.0 Å². The molecular weight excluding hydrogens is 422 g/mol. The normalized spacial score (nSPS) is 12.2. The van der Waals surface area contributed by atoms with E-state index < -0.39 is 36.0 Å². The molecule has 0 unspecified atom stereocenters. The molecule has 0 aliphatic heterocycles. The average molecular weight is 439 g/mol. The van der Waals surface area contributed by atoms with Crippen LogP contribution < -0.4 is 5.32 Å². The summed E-state index contributed by atoms with van der Waals surface area (Å²) in [5, 5.41) is 21.5. The standard InChI is InChI=1S/C20H17Cl2FN2O4/c1-9(19(28)24-8-26)16-10(2)25(14-5-6-15(27)18(23)17(14)16)20(29)11-3-4-12(21)13(22)7-11/h3-7,9,26-27H,8H2,1-2H3,(H,24,28)/t9-/m1/s1. The molecule has 3 N–H and O–H groups in total. The van der Waals surface area contributed by atoms with Crippen LogP contribution in [-0.4, -0.2) is 33.3 Å². The summed E-state index contributed by atoms with van der Waals surface area (Å²) in [6, 6.07) is 6.90. The zero-order chi connectivity index (χ0) is 21.5. The number of hydrogen-bond donors (Lipinski definition) is 3. The summed E-state index contributed by atoms with van der Waals surface area (Å²) < 4.78 is 16.1. The number of phenols is 1. The van der Waals surface area contributed by atoms with E-state index in [4.69, 9.17) is 28.3 Å². The fraction of sp³-hybridized carbons (Fsp3) is 0.200. The summed E-state index contributed by atoms with van der Waals surface area (Å²) in [6.45, 7) is 2.50. The first kappa shape index (κ1) is 21.1. The lowest BCUT2D eigenvalue weighted by molar-refractivity contribution is -0.123. The molecule has 3 aromatic rings. The lowest BCUT2D eigenvalue weighted by atomic mass is 9.96. The lowest BCUT2D eigenvalue weighted by Gasteiger charge is -2.13. The van der Waals surface area contributed by atoms with E-state index in [1.54, 1.807) is 6.92 Å². The van der Waals surface area contributed by atoms with Gasteiger partial charge in [0.15, 0.2) is 11.6 Å². The first-order chi connectivity index (χ1) is 13.7. The molecule has 2 aromatic carbocycles. The van der Waals surface area contributed by atoms with E-state index in [2.05, 4.69) is 5.32 Å². The third kappa shape index (κ3) is 3.57. The smallest absolute Gasteiger partial charge is 0.262 e. The third-order valence-electron chi connectivity index (χ3n) is 4.78. The van der Waals surface area contributed by atoms with Crippen molar-refractivity contribution in [1.29, 1.82) is 0 Å². The number of aliphatic hydroxyl groups excluding tert-OH is 1. The average Bonchev–Trinajstić information content (AvgIpc) is 2.98. The summed E-state index contributed by atoms with van der Waals surface area (Å²) in [5.41, 5.74) is 0.952. The molecule has 1 amide bonds. The van der Waals surface area contributed by atoms with Crippen LogP contribution in [0, 0.1) is 12.7 Å². The molecule has 0 radical (unpaired) electrons. The number of nitrogens with zero attached hydrogens (tertiary/aromatic N) is 1. The summed E-state index contributed by atoms with van der Waals surface area (Å²) in [4.78, 5) is 25.5. The van der Waals surface area contributed by atoms with Crippen LogP contribution in [0.3, 0.4) is 0 Å². The topological polar surface area (TPSA) is 91.6 Å². The van der Waals surface area contributed by atoms with E-state index in [1.807, 2.05) is 0 Å². The highest BCUT2D eigenvalue weighted by Gasteiger charge is 2.29. The van der Waals surface area contributed by atoms with Gasteiger partial charge in [-0.25, -0.2) is 4.39 Å². The van der Waals surface area contributed by atoms with Crippen molar-refractivity contribution in [3.63, 3.8) is 0 Å². The first-order valence-electron chi connectivity index (χ1n) is 8.59. The number of benzene rings is 2. The zero-order valence-electron chi connectivity index (χ0n) is 15.5. The van der Waals surface area contributed by atoms with Gasteiger partial charge in [0.2, 0.25) is 5.91 Å². The Balaban J connectivity index is 2.29. The molecule has 1 heterocycles. The van der Waals surface area contributed by atoms with Crippen LogP contribution in [0.15, 0.2) is 30.3 Å². The molecule has 0 bridgehead atoms. The number of amides is 1. The molecule has 0 fully saturated rings. The number of carbonyl (C=O) groups excluding carboxylic acids is 2. The van der Waals surface area contributed by atoms with Gasteiger partial charge in [0, 0.05) is 16.6 Å². The molecule has 3 rings (SSSR count). The Kier molecular flexibility index (Phi) is 5.84. The van der Waals surface area contributed by atoms with Crippen molar-refractivity contribution >= 4 is 45.9 Å². The summed E-state index contributed by atoms with van der Waals surface area (Å²) in [7, 11) is 0. The van der Waals surface area contributed by atoms with Crippen molar-refractivity contribution in [3.8, 4) is 5.75 Å². The fourth-order valence-corrected chi connectivity index (χ4v) is 3.69. The number of carbonyl (C=O) groups is 2. The molecule has 152 valence electrons. The van der Waals surface area contributed by atoms with E-state index in [0.29, 0.717) is 5.69 Å². The van der Waals surface area contributed by atoms with Gasteiger partial charge in [0.1, 0.15) is 6.73 Å². The van der Waals surface area contributed by atoms with Gasteiger partial charge in [-0.15, -0.1) is 0 Å². The number of aromatic hydroxyl groups is 1. The van der Waals surface area contributed by atoms with Crippen LogP contribution in [0.25, 0.3) is 10.9 Å². The van der Waals surface area contributed by atoms with Gasteiger partial charge < -0.3 is 15.5 Å². The van der Waals surface area contributed by atoms with Crippen LogP contribution in [0.4, 0.5) is 4.39 Å². The monoisotopic (exact) mass is 438 g/mol. The van der Waals surface area contributed by atoms with E-state index in [1.165, 1.54) is 35.8 Å². The van der Waals surface area contributed by atoms with E-state index in [-0.39, 0.29) is 32.1 Å². The number of aromatic nitrogens is 1. The van der Waals surface area contributed by atoms with Gasteiger partial charge in [-0.3, -0.25) is 14.2 Å². The molecule has 0 spiro atoms. The van der Waals surface area contributed by atoms with Crippen LogP contribution >= 0.6 is 23.2 Å². The summed E-state index contributed by atoms with van der Waals surface area (Å²) >= 11 is 11.9. The highest BCUT2D eigenvalue weighted by molar-refractivity contribution is 6.42. The minimum absolute atomic E-state index is 0.0449. The highest BCUT2D eigenvalue weighted by Crippen LogP contribution is 2.37. The number of rotatable bonds is 4. The minimum atomic E-state index is -0.940. The number of halogens is 3. The second-order valence-electron chi connectivity index (χ2n) is 6.48. The van der Waals surface area contributed by atoms with E-state index >= 15 is 0 Å². The molecule has 29 heavy (non-hydrogen) atoms. The number of phenolic OH excluding ortho intramolecular Hbond substituents is 1. The molecular formula is C20H17Cl2FN2O4. The maximum absolute atomic E-state index is 14.9. The van der Waals surface area contributed by atoms with Crippen molar-refractivity contribution < 1.29 is 24.2 Å². The van der Waals surface area contributed by atoms with Gasteiger partial charge in [0.05, 0.1) is 21.5 Å². The van der Waals surface area contributed by atoms with Crippen molar-refractivity contribution in [2.75, 3.05) is 6.73 Å². The molecule has 0 saturated heterocycles. The Morgan fingerprint density at radius 2 is 1.90 bits per heavy atom. The van der Waals surface area contributed by atoms with Gasteiger partial charge in [0.25, 0.3) is 5.91 Å². The quantitative estimate of drug-likeness (QED) is 0.537. The molecule has 0 aliphatic rings. The molecule has 0 aliphatic carbocycles. The lowest BCUT2D eigenvalue weighted by Crippen LogP contribution is -2.29. The number of fused-ring (bicyclic) bond motifs is 1. The Labute approximate surface area is 175 Å². The van der Waals surface area contributed by atoms with Crippen molar-refractivity contribution in [3.05, 3.63) is 63.0 Å². The number of hydrogen-bond acceptors (Lipinski definition) is 4. The Hall–Kier alpha value is -2.61. The van der Waals surface area contributed by atoms with Crippen LogP contribution in [-0.2, 0) is 4.79 Å². The number of nitrogens with one attached hydrogen (secondary N) is 1. The van der Waals surface area contributed by atoms with Gasteiger partial charge in [-0.1, -0.05) is 23.2 Å². The SMILES string of the molecule is Cc1c([C@@H](C)C(=O)NCO)c2c(F)c(O)ccc2n1C(=O)c1ccc(Cl)c(Cl)c1. The van der Waals surface area contributed by atoms with E-state index in [9.17, 15) is 19.1 Å². The maximum atomic E-state index is 14.9. The molecule has 6 nitrogen and oxygen atoms in total. The van der Waals surface area contributed by atoms with Crippen molar-refractivity contribution in [1.82, 2.24) is 9.88 Å². The summed E-state index contributed by atoms with van der Waals surface area (Å²) in [6.07, 6.45) is 0. The summed E-state index contributed by atoms with van der Waals surface area (Å²) in [5.74, 6) is -3.50. The van der Waals surface area contributed by atoms with Crippen molar-refractivity contribution in [2.24, 2.45) is 0 Å². The molecule has 1 atom stereocenters. The van der Waals surface area contributed by atoms with Crippen LogP contribution in [0.1, 0.15) is 34.5 Å².